The zero-order valence-corrected chi connectivity index (χ0v) is 16.2. The molecule has 3 aromatic rings. The summed E-state index contributed by atoms with van der Waals surface area (Å²) >= 11 is 0. The van der Waals surface area contributed by atoms with E-state index in [1.54, 1.807) is 0 Å². The monoisotopic (exact) mass is 374 g/mol. The molecule has 0 aromatic heterocycles. The van der Waals surface area contributed by atoms with E-state index in [-0.39, 0.29) is 12.5 Å². The molecular weight excluding hydrogens is 348 g/mol. The average Bonchev–Trinajstić information content (AvgIpc) is 2.73. The first-order valence-electron chi connectivity index (χ1n) is 9.56. The molecule has 0 unspecified atom stereocenters. The van der Waals surface area contributed by atoms with Crippen molar-refractivity contribution in [3.8, 4) is 5.75 Å². The van der Waals surface area contributed by atoms with Gasteiger partial charge in [0, 0.05) is 11.4 Å². The van der Waals surface area contributed by atoms with Crippen molar-refractivity contribution >= 4 is 17.3 Å². The van der Waals surface area contributed by atoms with Gasteiger partial charge in [0.2, 0.25) is 5.91 Å². The highest BCUT2D eigenvalue weighted by Crippen LogP contribution is 2.16. The van der Waals surface area contributed by atoms with Gasteiger partial charge in [0.15, 0.2) is 0 Å². The third kappa shape index (κ3) is 6.47. The molecule has 0 bridgehead atoms. The van der Waals surface area contributed by atoms with Crippen molar-refractivity contribution < 1.29 is 9.53 Å². The summed E-state index contributed by atoms with van der Waals surface area (Å²) in [6.45, 7) is 2.93. The number of hydrogen-bond donors (Lipinski definition) is 2. The van der Waals surface area contributed by atoms with Gasteiger partial charge in [0.05, 0.1) is 13.2 Å². The van der Waals surface area contributed by atoms with Crippen LogP contribution in [0.15, 0.2) is 78.9 Å². The lowest BCUT2D eigenvalue weighted by atomic mass is 10.1. The van der Waals surface area contributed by atoms with Crippen LogP contribution in [0.2, 0.25) is 0 Å². The topological polar surface area (TPSA) is 50.4 Å². The minimum Gasteiger partial charge on any atom is -0.494 e. The third-order valence-corrected chi connectivity index (χ3v) is 4.36. The second-order valence-electron chi connectivity index (χ2n) is 6.73. The Morgan fingerprint density at radius 3 is 2.25 bits per heavy atom. The van der Waals surface area contributed by atoms with Crippen molar-refractivity contribution in [3.05, 3.63) is 90.0 Å². The molecule has 4 heteroatoms. The van der Waals surface area contributed by atoms with Gasteiger partial charge >= 0.3 is 0 Å². The Hall–Kier alpha value is -3.27. The number of benzene rings is 3. The largest absolute Gasteiger partial charge is 0.494 e. The van der Waals surface area contributed by atoms with Crippen LogP contribution in [0.1, 0.15) is 17.5 Å². The summed E-state index contributed by atoms with van der Waals surface area (Å²) in [5.74, 6) is 0.723. The minimum absolute atomic E-state index is 0.0860. The molecule has 0 aliphatic carbocycles. The third-order valence-electron chi connectivity index (χ3n) is 4.36. The predicted molar refractivity (Wildman–Crippen MR) is 115 cm³/mol. The molecular formula is C24H26N2O2. The molecule has 1 amide bonds. The summed E-state index contributed by atoms with van der Waals surface area (Å²) in [6, 6.07) is 25.8. The van der Waals surface area contributed by atoms with Crippen molar-refractivity contribution in [2.45, 2.75) is 19.8 Å². The number of amides is 1. The molecule has 2 N–H and O–H groups in total. The number of hydrogen-bond acceptors (Lipinski definition) is 3. The van der Waals surface area contributed by atoms with Gasteiger partial charge < -0.3 is 15.4 Å². The predicted octanol–water partition coefficient (Wildman–Crippen LogP) is 5.06. The van der Waals surface area contributed by atoms with E-state index in [1.807, 2.05) is 61.5 Å². The van der Waals surface area contributed by atoms with Crippen LogP contribution in [0.5, 0.6) is 5.75 Å². The zero-order chi connectivity index (χ0) is 19.6. The highest BCUT2D eigenvalue weighted by Gasteiger charge is 2.03. The molecule has 4 nitrogen and oxygen atoms in total. The minimum atomic E-state index is -0.0860. The molecule has 0 spiro atoms. The molecule has 0 saturated carbocycles. The van der Waals surface area contributed by atoms with Gasteiger partial charge in [-0.2, -0.15) is 0 Å². The molecule has 0 aliphatic rings. The highest BCUT2D eigenvalue weighted by molar-refractivity contribution is 5.93. The molecule has 0 saturated heterocycles. The number of nitrogens with one attached hydrogen (secondary N) is 2. The summed E-state index contributed by atoms with van der Waals surface area (Å²) in [5, 5.41) is 6.00. The Bertz CT molecular complexity index is 859. The summed E-state index contributed by atoms with van der Waals surface area (Å²) < 4.78 is 5.78. The van der Waals surface area contributed by atoms with Crippen molar-refractivity contribution in [2.75, 3.05) is 23.8 Å². The fraction of sp³-hybridized carbons (Fsp3) is 0.208. The van der Waals surface area contributed by atoms with Gasteiger partial charge in [0.25, 0.3) is 0 Å². The first kappa shape index (κ1) is 19.5. The fourth-order valence-corrected chi connectivity index (χ4v) is 2.80. The van der Waals surface area contributed by atoms with E-state index in [4.69, 9.17) is 4.74 Å². The summed E-state index contributed by atoms with van der Waals surface area (Å²) in [4.78, 5) is 12.1. The van der Waals surface area contributed by atoms with Crippen LogP contribution in [0, 0.1) is 6.92 Å². The number of carbonyl (C=O) groups is 1. The average molecular weight is 374 g/mol. The van der Waals surface area contributed by atoms with Gasteiger partial charge in [0.1, 0.15) is 5.75 Å². The number of aryl methyl sites for hydroxylation is 2. The maximum atomic E-state index is 12.1. The molecule has 0 radical (unpaired) electrons. The van der Waals surface area contributed by atoms with E-state index in [1.165, 1.54) is 11.1 Å². The standard InChI is InChI=1S/C24H26N2O2/c1-19-9-11-21(12-10-19)25-18-24(27)26-22-13-15-23(16-14-22)28-17-5-8-20-6-3-2-4-7-20/h2-4,6-7,9-16,25H,5,8,17-18H2,1H3,(H,26,27). The highest BCUT2D eigenvalue weighted by atomic mass is 16.5. The Balaban J connectivity index is 1.37. The molecule has 0 aliphatic heterocycles. The van der Waals surface area contributed by atoms with Crippen LogP contribution in [-0.4, -0.2) is 19.1 Å². The van der Waals surface area contributed by atoms with Crippen molar-refractivity contribution in [1.82, 2.24) is 0 Å². The van der Waals surface area contributed by atoms with Crippen LogP contribution >= 0.6 is 0 Å². The second-order valence-corrected chi connectivity index (χ2v) is 6.73. The smallest absolute Gasteiger partial charge is 0.243 e. The molecule has 28 heavy (non-hydrogen) atoms. The van der Waals surface area contributed by atoms with Crippen LogP contribution in [-0.2, 0) is 11.2 Å². The second kappa shape index (κ2) is 10.2. The van der Waals surface area contributed by atoms with Crippen LogP contribution in [0.3, 0.4) is 0 Å². The SMILES string of the molecule is Cc1ccc(NCC(=O)Nc2ccc(OCCCc3ccccc3)cc2)cc1. The maximum absolute atomic E-state index is 12.1. The van der Waals surface area contributed by atoms with Crippen molar-refractivity contribution in [3.63, 3.8) is 0 Å². The van der Waals surface area contributed by atoms with Crippen molar-refractivity contribution in [1.29, 1.82) is 0 Å². The van der Waals surface area contributed by atoms with Crippen LogP contribution < -0.4 is 15.4 Å². The van der Waals surface area contributed by atoms with Gasteiger partial charge in [-0.3, -0.25) is 4.79 Å². The Labute approximate surface area is 166 Å². The first-order chi connectivity index (χ1) is 13.7. The van der Waals surface area contributed by atoms with E-state index in [0.29, 0.717) is 6.61 Å². The van der Waals surface area contributed by atoms with Gasteiger partial charge in [-0.15, -0.1) is 0 Å². The van der Waals surface area contributed by atoms with Gasteiger partial charge in [-0.05, 0) is 61.7 Å². The maximum Gasteiger partial charge on any atom is 0.243 e. The Kier molecular flexibility index (Phi) is 7.08. The van der Waals surface area contributed by atoms with Gasteiger partial charge in [-0.25, -0.2) is 0 Å². The molecule has 0 atom stereocenters. The lowest BCUT2D eigenvalue weighted by molar-refractivity contribution is -0.114. The molecule has 3 aromatic carbocycles. The lowest BCUT2D eigenvalue weighted by Gasteiger charge is -2.10. The summed E-state index contributed by atoms with van der Waals surface area (Å²) in [7, 11) is 0. The quantitative estimate of drug-likeness (QED) is 0.515. The van der Waals surface area contributed by atoms with E-state index >= 15 is 0 Å². The Morgan fingerprint density at radius 1 is 0.857 bits per heavy atom. The molecule has 0 heterocycles. The normalized spacial score (nSPS) is 10.3. The van der Waals surface area contributed by atoms with Crippen LogP contribution in [0.4, 0.5) is 11.4 Å². The summed E-state index contributed by atoms with van der Waals surface area (Å²) in [6.07, 6.45) is 1.97. The zero-order valence-electron chi connectivity index (χ0n) is 16.2. The fourth-order valence-electron chi connectivity index (χ4n) is 2.80. The number of anilines is 2. The van der Waals surface area contributed by atoms with E-state index in [9.17, 15) is 4.79 Å². The summed E-state index contributed by atoms with van der Waals surface area (Å²) in [5.41, 5.74) is 4.20. The first-order valence-corrected chi connectivity index (χ1v) is 9.56. The van der Waals surface area contributed by atoms with Crippen LogP contribution in [0.25, 0.3) is 0 Å². The Morgan fingerprint density at radius 2 is 1.54 bits per heavy atom. The number of carbonyl (C=O) groups excluding carboxylic acids is 1. The van der Waals surface area contributed by atoms with E-state index < -0.39 is 0 Å². The lowest BCUT2D eigenvalue weighted by Crippen LogP contribution is -2.21. The molecule has 144 valence electrons. The number of ether oxygens (including phenoxy) is 1. The van der Waals surface area contributed by atoms with Gasteiger partial charge in [-0.1, -0.05) is 48.0 Å². The molecule has 3 rings (SSSR count). The van der Waals surface area contributed by atoms with E-state index in [0.717, 1.165) is 30.0 Å². The van der Waals surface area contributed by atoms with E-state index in [2.05, 4.69) is 34.9 Å². The van der Waals surface area contributed by atoms with Crippen molar-refractivity contribution in [2.24, 2.45) is 0 Å². The number of rotatable bonds is 9. The molecule has 0 fully saturated rings.